The number of benzene rings is 2. The van der Waals surface area contributed by atoms with Crippen molar-refractivity contribution < 1.29 is 9.53 Å². The lowest BCUT2D eigenvalue weighted by Gasteiger charge is -2.16. The molecule has 0 aliphatic carbocycles. The zero-order valence-corrected chi connectivity index (χ0v) is 17.0. The Morgan fingerprint density at radius 1 is 1.14 bits per heavy atom. The first kappa shape index (κ1) is 18.6. The Hall–Kier alpha value is -2.73. The number of nitrogens with zero attached hydrogens (tertiary/aromatic N) is 2. The van der Waals surface area contributed by atoms with Crippen LogP contribution in [-0.4, -0.2) is 28.0 Å². The lowest BCUT2D eigenvalue weighted by atomic mass is 10.0. The number of anilines is 1. The van der Waals surface area contributed by atoms with Gasteiger partial charge in [0.15, 0.2) is 0 Å². The van der Waals surface area contributed by atoms with Crippen LogP contribution in [0.3, 0.4) is 0 Å². The van der Waals surface area contributed by atoms with Crippen molar-refractivity contribution in [1.29, 1.82) is 0 Å². The van der Waals surface area contributed by atoms with E-state index in [2.05, 4.69) is 36.5 Å². The van der Waals surface area contributed by atoms with Gasteiger partial charge in [0.2, 0.25) is 5.91 Å². The maximum Gasteiger partial charge on any atom is 0.235 e. The van der Waals surface area contributed by atoms with Gasteiger partial charge in [0.1, 0.15) is 11.6 Å². The molecule has 1 aliphatic heterocycles. The molecule has 6 heteroatoms. The summed E-state index contributed by atoms with van der Waals surface area (Å²) in [6.07, 6.45) is 0. The van der Waals surface area contributed by atoms with Crippen LogP contribution in [0.5, 0.6) is 5.75 Å². The van der Waals surface area contributed by atoms with E-state index in [1.807, 2.05) is 42.8 Å². The van der Waals surface area contributed by atoms with E-state index in [4.69, 9.17) is 9.84 Å². The lowest BCUT2D eigenvalue weighted by molar-refractivity contribution is -0.113. The molecule has 0 unspecified atom stereocenters. The van der Waals surface area contributed by atoms with Gasteiger partial charge in [-0.2, -0.15) is 5.10 Å². The molecule has 0 spiro atoms. The molecule has 0 saturated carbocycles. The first-order valence-corrected chi connectivity index (χ1v) is 10.4. The third-order valence-corrected chi connectivity index (χ3v) is 6.05. The van der Waals surface area contributed by atoms with Crippen molar-refractivity contribution in [3.63, 3.8) is 0 Å². The number of ether oxygens (including phenoxy) is 1. The Labute approximate surface area is 169 Å². The normalized spacial score (nSPS) is 16.2. The second-order valence-corrected chi connectivity index (χ2v) is 7.93. The minimum atomic E-state index is -0.00653. The molecule has 5 nitrogen and oxygen atoms in total. The van der Waals surface area contributed by atoms with E-state index in [1.54, 1.807) is 11.8 Å². The van der Waals surface area contributed by atoms with Crippen LogP contribution in [-0.2, 0) is 4.79 Å². The summed E-state index contributed by atoms with van der Waals surface area (Å²) in [5, 5.41) is 7.86. The van der Waals surface area contributed by atoms with Gasteiger partial charge in [-0.05, 0) is 50.6 Å². The van der Waals surface area contributed by atoms with Crippen LogP contribution in [0, 0.1) is 13.8 Å². The Bertz CT molecular complexity index is 994. The topological polar surface area (TPSA) is 56.1 Å². The Kier molecular flexibility index (Phi) is 5.13. The van der Waals surface area contributed by atoms with E-state index in [0.717, 1.165) is 34.1 Å². The third kappa shape index (κ3) is 3.52. The van der Waals surface area contributed by atoms with Crippen molar-refractivity contribution in [2.45, 2.75) is 26.0 Å². The smallest absolute Gasteiger partial charge is 0.235 e. The molecule has 3 aromatic rings. The highest BCUT2D eigenvalue weighted by atomic mass is 32.2. The van der Waals surface area contributed by atoms with Gasteiger partial charge in [-0.15, -0.1) is 11.8 Å². The molecule has 0 fully saturated rings. The van der Waals surface area contributed by atoms with E-state index in [-0.39, 0.29) is 11.2 Å². The molecule has 0 bridgehead atoms. The summed E-state index contributed by atoms with van der Waals surface area (Å²) in [5.74, 6) is 2.01. The van der Waals surface area contributed by atoms with Crippen LogP contribution >= 0.6 is 11.8 Å². The van der Waals surface area contributed by atoms with Crippen LogP contribution in [0.2, 0.25) is 0 Å². The summed E-state index contributed by atoms with van der Waals surface area (Å²) in [7, 11) is 0. The van der Waals surface area contributed by atoms with Crippen LogP contribution in [0.4, 0.5) is 5.82 Å². The summed E-state index contributed by atoms with van der Waals surface area (Å²) < 4.78 is 7.41. The largest absolute Gasteiger partial charge is 0.494 e. The predicted molar refractivity (Wildman–Crippen MR) is 114 cm³/mol. The lowest BCUT2D eigenvalue weighted by Crippen LogP contribution is -2.15. The van der Waals surface area contributed by atoms with E-state index in [0.29, 0.717) is 12.4 Å². The van der Waals surface area contributed by atoms with Crippen molar-refractivity contribution in [2.75, 3.05) is 17.7 Å². The van der Waals surface area contributed by atoms with E-state index >= 15 is 0 Å². The number of carbonyl (C=O) groups excluding carboxylic acids is 1. The number of hydrogen-bond acceptors (Lipinski definition) is 4. The SMILES string of the molecule is CCOc1ccc([C@H]2SCC(=O)Nc3c2c(C)nn3-c2ccc(C)cc2)cc1. The summed E-state index contributed by atoms with van der Waals surface area (Å²) in [6.45, 7) is 6.67. The summed E-state index contributed by atoms with van der Waals surface area (Å²) in [4.78, 5) is 12.4. The van der Waals surface area contributed by atoms with Gasteiger partial charge in [0.05, 0.1) is 29.0 Å². The number of rotatable bonds is 4. The van der Waals surface area contributed by atoms with E-state index in [9.17, 15) is 4.79 Å². The minimum Gasteiger partial charge on any atom is -0.494 e. The molecule has 1 atom stereocenters. The predicted octanol–water partition coefficient (Wildman–Crippen LogP) is 4.66. The van der Waals surface area contributed by atoms with Gasteiger partial charge >= 0.3 is 0 Å². The number of fused-ring (bicyclic) bond motifs is 1. The Morgan fingerprint density at radius 2 is 1.86 bits per heavy atom. The number of aromatic nitrogens is 2. The highest BCUT2D eigenvalue weighted by molar-refractivity contribution is 8.00. The first-order valence-electron chi connectivity index (χ1n) is 9.37. The minimum absolute atomic E-state index is 0.00653. The molecular formula is C22H23N3O2S. The zero-order chi connectivity index (χ0) is 19.7. The number of amides is 1. The average Bonchev–Trinajstić information content (AvgIpc) is 2.89. The molecule has 1 amide bonds. The standard InChI is InChI=1S/C22H23N3O2S/c1-4-27-18-11-7-16(8-12-18)21-20-15(3)24-25(17-9-5-14(2)6-10-17)22(20)23-19(26)13-28-21/h5-12,21H,4,13H2,1-3H3,(H,23,26)/t21-/m1/s1. The molecule has 0 radical (unpaired) electrons. The number of thioether (sulfide) groups is 1. The van der Waals surface area contributed by atoms with Gasteiger partial charge in [-0.25, -0.2) is 4.68 Å². The second kappa shape index (κ2) is 7.72. The average molecular weight is 394 g/mol. The van der Waals surface area contributed by atoms with Gasteiger partial charge in [0.25, 0.3) is 0 Å². The monoisotopic (exact) mass is 393 g/mol. The number of nitrogens with one attached hydrogen (secondary N) is 1. The molecule has 144 valence electrons. The van der Waals surface area contributed by atoms with Gasteiger partial charge < -0.3 is 10.1 Å². The third-order valence-electron chi connectivity index (χ3n) is 4.78. The fourth-order valence-electron chi connectivity index (χ4n) is 3.43. The fraction of sp³-hybridized carbons (Fsp3) is 0.273. The van der Waals surface area contributed by atoms with Gasteiger partial charge in [-0.1, -0.05) is 29.8 Å². The molecule has 1 aromatic heterocycles. The summed E-state index contributed by atoms with van der Waals surface area (Å²) in [5.41, 5.74) is 5.24. The maximum atomic E-state index is 12.4. The van der Waals surface area contributed by atoms with Crippen molar-refractivity contribution in [2.24, 2.45) is 0 Å². The second-order valence-electron chi connectivity index (χ2n) is 6.84. The molecule has 2 aromatic carbocycles. The Balaban J connectivity index is 1.80. The number of carbonyl (C=O) groups is 1. The Morgan fingerprint density at radius 3 is 2.54 bits per heavy atom. The van der Waals surface area contributed by atoms with E-state index < -0.39 is 0 Å². The van der Waals surface area contributed by atoms with Crippen molar-refractivity contribution >= 4 is 23.5 Å². The van der Waals surface area contributed by atoms with E-state index in [1.165, 1.54) is 5.56 Å². The van der Waals surface area contributed by atoms with Gasteiger partial charge in [-0.3, -0.25) is 4.79 Å². The molecule has 0 saturated heterocycles. The first-order chi connectivity index (χ1) is 13.6. The highest BCUT2D eigenvalue weighted by Crippen LogP contribution is 2.44. The van der Waals surface area contributed by atoms with Crippen LogP contribution in [0.25, 0.3) is 5.69 Å². The molecule has 1 N–H and O–H groups in total. The molecule has 28 heavy (non-hydrogen) atoms. The molecule has 1 aliphatic rings. The van der Waals surface area contributed by atoms with Crippen LogP contribution < -0.4 is 10.1 Å². The summed E-state index contributed by atoms with van der Waals surface area (Å²) >= 11 is 1.63. The van der Waals surface area contributed by atoms with Gasteiger partial charge in [0, 0.05) is 5.56 Å². The fourth-order valence-corrected chi connectivity index (χ4v) is 4.61. The summed E-state index contributed by atoms with van der Waals surface area (Å²) in [6, 6.07) is 16.3. The van der Waals surface area contributed by atoms with Crippen molar-refractivity contribution in [1.82, 2.24) is 9.78 Å². The van der Waals surface area contributed by atoms with Crippen LogP contribution in [0.1, 0.15) is 34.6 Å². The van der Waals surface area contributed by atoms with Crippen LogP contribution in [0.15, 0.2) is 48.5 Å². The van der Waals surface area contributed by atoms with Crippen molar-refractivity contribution in [3.05, 3.63) is 70.9 Å². The quantitative estimate of drug-likeness (QED) is 0.700. The number of aryl methyl sites for hydroxylation is 2. The molecular weight excluding hydrogens is 370 g/mol. The molecule has 4 rings (SSSR count). The zero-order valence-electron chi connectivity index (χ0n) is 16.2. The number of hydrogen-bond donors (Lipinski definition) is 1. The maximum absolute atomic E-state index is 12.4. The highest BCUT2D eigenvalue weighted by Gasteiger charge is 2.30. The molecule has 2 heterocycles. The van der Waals surface area contributed by atoms with Crippen molar-refractivity contribution in [3.8, 4) is 11.4 Å².